The Morgan fingerprint density at radius 1 is 0.917 bits per heavy atom. The number of aliphatic hydroxyl groups excluding tert-OH is 1. The molecule has 0 aromatic carbocycles. The highest BCUT2D eigenvalue weighted by molar-refractivity contribution is 4.76. The first-order valence-electron chi connectivity index (χ1n) is 9.89. The molecule has 2 saturated carbocycles. The van der Waals surface area contributed by atoms with Crippen LogP contribution in [0.15, 0.2) is 0 Å². The number of hydrogen-bond acceptors (Lipinski definition) is 4. The van der Waals surface area contributed by atoms with Gasteiger partial charge in [0.1, 0.15) is 6.10 Å². The highest BCUT2D eigenvalue weighted by Gasteiger charge is 2.27. The van der Waals surface area contributed by atoms with Crippen LogP contribution in [-0.2, 0) is 14.2 Å². The minimum absolute atomic E-state index is 0.429. The van der Waals surface area contributed by atoms with Crippen LogP contribution in [0.1, 0.15) is 71.6 Å². The molecule has 1 aliphatic heterocycles. The molecule has 1 unspecified atom stereocenters. The molecule has 4 heteroatoms. The van der Waals surface area contributed by atoms with E-state index in [1.165, 1.54) is 57.8 Å². The zero-order valence-corrected chi connectivity index (χ0v) is 16.3. The molecule has 1 heterocycles. The number of epoxide rings is 1. The molecule has 3 rings (SSSR count). The van der Waals surface area contributed by atoms with E-state index in [0.29, 0.717) is 18.3 Å². The Balaban J connectivity index is 0.000000245. The zero-order chi connectivity index (χ0) is 17.8. The van der Waals surface area contributed by atoms with Gasteiger partial charge in [0.2, 0.25) is 0 Å². The lowest BCUT2D eigenvalue weighted by atomic mass is 9.80. The first kappa shape index (κ1) is 21.9. The SMILES string of the molecule is CC(C)C1CCC(OCC2CO2)CC1.CO.COC1CCCCC1. The smallest absolute Gasteiger partial charge is 0.104 e. The highest BCUT2D eigenvalue weighted by atomic mass is 16.6. The van der Waals surface area contributed by atoms with Crippen LogP contribution in [0.25, 0.3) is 0 Å². The van der Waals surface area contributed by atoms with Crippen LogP contribution in [0.4, 0.5) is 0 Å². The minimum Gasteiger partial charge on any atom is -0.400 e. The molecule has 24 heavy (non-hydrogen) atoms. The molecule has 0 amide bonds. The molecule has 1 saturated heterocycles. The van der Waals surface area contributed by atoms with Crippen molar-refractivity contribution in [3.05, 3.63) is 0 Å². The van der Waals surface area contributed by atoms with Crippen molar-refractivity contribution in [1.29, 1.82) is 0 Å². The quantitative estimate of drug-likeness (QED) is 0.760. The number of ether oxygens (including phenoxy) is 3. The van der Waals surface area contributed by atoms with Gasteiger partial charge in [0.15, 0.2) is 0 Å². The monoisotopic (exact) mass is 344 g/mol. The van der Waals surface area contributed by atoms with E-state index in [4.69, 9.17) is 19.3 Å². The third-order valence-corrected chi connectivity index (χ3v) is 5.47. The van der Waals surface area contributed by atoms with Gasteiger partial charge < -0.3 is 19.3 Å². The highest BCUT2D eigenvalue weighted by Crippen LogP contribution is 2.31. The molecule has 0 radical (unpaired) electrons. The first-order chi connectivity index (χ1) is 11.7. The third kappa shape index (κ3) is 9.36. The lowest BCUT2D eigenvalue weighted by molar-refractivity contribution is 0.00593. The van der Waals surface area contributed by atoms with Gasteiger partial charge in [0.05, 0.1) is 25.4 Å². The summed E-state index contributed by atoms with van der Waals surface area (Å²) in [5.41, 5.74) is 0. The molecule has 3 fully saturated rings. The van der Waals surface area contributed by atoms with Crippen molar-refractivity contribution < 1.29 is 19.3 Å². The molecular weight excluding hydrogens is 304 g/mol. The molecule has 0 aromatic rings. The van der Waals surface area contributed by atoms with Crippen molar-refractivity contribution in [3.8, 4) is 0 Å². The molecule has 1 N–H and O–H groups in total. The van der Waals surface area contributed by atoms with Crippen LogP contribution in [0.5, 0.6) is 0 Å². The Hall–Kier alpha value is -0.160. The molecule has 3 aliphatic rings. The molecule has 0 aromatic heterocycles. The van der Waals surface area contributed by atoms with Crippen molar-refractivity contribution >= 4 is 0 Å². The van der Waals surface area contributed by atoms with E-state index in [1.54, 1.807) is 0 Å². The molecule has 4 nitrogen and oxygen atoms in total. The Morgan fingerprint density at radius 3 is 1.92 bits per heavy atom. The van der Waals surface area contributed by atoms with Gasteiger partial charge in [-0.2, -0.15) is 0 Å². The van der Waals surface area contributed by atoms with Gasteiger partial charge in [-0.25, -0.2) is 0 Å². The fraction of sp³-hybridized carbons (Fsp3) is 1.00. The number of methoxy groups -OCH3 is 1. The van der Waals surface area contributed by atoms with Crippen LogP contribution >= 0.6 is 0 Å². The van der Waals surface area contributed by atoms with Gasteiger partial charge >= 0.3 is 0 Å². The summed E-state index contributed by atoms with van der Waals surface area (Å²) in [5, 5.41) is 7.00. The molecule has 144 valence electrons. The van der Waals surface area contributed by atoms with E-state index < -0.39 is 0 Å². The van der Waals surface area contributed by atoms with Gasteiger partial charge in [0, 0.05) is 14.2 Å². The normalized spacial score (nSPS) is 30.0. The van der Waals surface area contributed by atoms with Gasteiger partial charge in [-0.15, -0.1) is 0 Å². The second-order valence-electron chi connectivity index (χ2n) is 7.57. The summed E-state index contributed by atoms with van der Waals surface area (Å²) in [6, 6.07) is 0. The van der Waals surface area contributed by atoms with Crippen molar-refractivity contribution in [2.24, 2.45) is 11.8 Å². The number of hydrogen-bond donors (Lipinski definition) is 1. The Morgan fingerprint density at radius 2 is 1.50 bits per heavy atom. The fourth-order valence-electron chi connectivity index (χ4n) is 3.63. The van der Waals surface area contributed by atoms with Crippen LogP contribution in [0, 0.1) is 11.8 Å². The predicted molar refractivity (Wildman–Crippen MR) is 98.3 cm³/mol. The topological polar surface area (TPSA) is 51.2 Å². The Labute approximate surface area is 149 Å². The van der Waals surface area contributed by atoms with Crippen LogP contribution < -0.4 is 0 Å². The molecular formula is C20H40O4. The standard InChI is InChI=1S/C12H22O2.C7H14O.CH4O/c1-9(2)10-3-5-11(6-4-10)13-7-12-8-14-12;1-8-7-5-3-2-4-6-7;1-2/h9-12H,3-8H2,1-2H3;7H,2-6H2,1H3;2H,1H3. The minimum atomic E-state index is 0.429. The third-order valence-electron chi connectivity index (χ3n) is 5.47. The molecule has 0 bridgehead atoms. The van der Waals surface area contributed by atoms with Gasteiger partial charge in [0.25, 0.3) is 0 Å². The Bertz CT molecular complexity index is 277. The van der Waals surface area contributed by atoms with E-state index in [-0.39, 0.29) is 0 Å². The van der Waals surface area contributed by atoms with E-state index in [1.807, 2.05) is 7.11 Å². The average Bonchev–Trinajstić information content (AvgIpc) is 3.48. The summed E-state index contributed by atoms with van der Waals surface area (Å²) in [5.74, 6) is 1.79. The fourth-order valence-corrected chi connectivity index (χ4v) is 3.63. The summed E-state index contributed by atoms with van der Waals surface area (Å²) < 4.78 is 16.1. The van der Waals surface area contributed by atoms with E-state index in [0.717, 1.165) is 32.2 Å². The van der Waals surface area contributed by atoms with Crippen molar-refractivity contribution in [2.45, 2.75) is 89.9 Å². The van der Waals surface area contributed by atoms with Crippen LogP contribution in [-0.4, -0.2) is 50.9 Å². The van der Waals surface area contributed by atoms with Crippen LogP contribution in [0.3, 0.4) is 0 Å². The number of aliphatic hydroxyl groups is 1. The van der Waals surface area contributed by atoms with Crippen molar-refractivity contribution in [2.75, 3.05) is 27.4 Å². The van der Waals surface area contributed by atoms with E-state index >= 15 is 0 Å². The zero-order valence-electron chi connectivity index (χ0n) is 16.3. The van der Waals surface area contributed by atoms with Gasteiger partial charge in [-0.05, 0) is 50.4 Å². The van der Waals surface area contributed by atoms with Gasteiger partial charge in [-0.1, -0.05) is 33.1 Å². The summed E-state index contributed by atoms with van der Waals surface area (Å²) in [4.78, 5) is 0. The first-order valence-corrected chi connectivity index (χ1v) is 9.89. The molecule has 2 aliphatic carbocycles. The average molecular weight is 345 g/mol. The van der Waals surface area contributed by atoms with E-state index in [2.05, 4.69) is 13.8 Å². The second-order valence-corrected chi connectivity index (χ2v) is 7.57. The predicted octanol–water partition coefficient (Wildman–Crippen LogP) is 4.19. The maximum Gasteiger partial charge on any atom is 0.104 e. The second kappa shape index (κ2) is 13.1. The summed E-state index contributed by atoms with van der Waals surface area (Å²) in [7, 11) is 2.82. The Kier molecular flexibility index (Phi) is 11.9. The largest absolute Gasteiger partial charge is 0.400 e. The summed E-state index contributed by atoms with van der Waals surface area (Å²) in [6.45, 7) is 6.42. The lowest BCUT2D eigenvalue weighted by Crippen LogP contribution is -2.25. The van der Waals surface area contributed by atoms with Gasteiger partial charge in [-0.3, -0.25) is 0 Å². The van der Waals surface area contributed by atoms with Crippen molar-refractivity contribution in [3.63, 3.8) is 0 Å². The summed E-state index contributed by atoms with van der Waals surface area (Å²) in [6.07, 6.45) is 13.5. The molecule has 0 spiro atoms. The molecule has 1 atom stereocenters. The van der Waals surface area contributed by atoms with Crippen LogP contribution in [0.2, 0.25) is 0 Å². The number of rotatable bonds is 5. The maximum absolute atomic E-state index is 7.00. The maximum atomic E-state index is 7.00. The summed E-state index contributed by atoms with van der Waals surface area (Å²) >= 11 is 0. The van der Waals surface area contributed by atoms with Crippen molar-refractivity contribution in [1.82, 2.24) is 0 Å². The van der Waals surface area contributed by atoms with E-state index in [9.17, 15) is 0 Å². The lowest BCUT2D eigenvalue weighted by Gasteiger charge is -2.30.